The molecule has 3 rings (SSSR count). The molecule has 0 saturated heterocycles. The molecule has 0 bridgehead atoms. The molecule has 29 heavy (non-hydrogen) atoms. The number of rotatable bonds is 10. The zero-order valence-electron chi connectivity index (χ0n) is 17.1. The van der Waals surface area contributed by atoms with Crippen LogP contribution in [0.15, 0.2) is 60.9 Å². The number of likely N-dealkylation sites (N-methyl/N-ethyl adjacent to an activating group) is 1. The molecule has 0 spiro atoms. The van der Waals surface area contributed by atoms with Crippen molar-refractivity contribution in [3.63, 3.8) is 0 Å². The third kappa shape index (κ3) is 6.01. The van der Waals surface area contributed by atoms with E-state index < -0.39 is 0 Å². The quantitative estimate of drug-likeness (QED) is 0.543. The third-order valence-electron chi connectivity index (χ3n) is 4.86. The Morgan fingerprint density at radius 2 is 1.55 bits per heavy atom. The predicted octanol–water partition coefficient (Wildman–Crippen LogP) is 4.07. The Hall–Kier alpha value is -2.96. The fourth-order valence-electron chi connectivity index (χ4n) is 2.97. The molecule has 152 valence electrons. The number of nitrogens with zero attached hydrogens (tertiary/aromatic N) is 3. The summed E-state index contributed by atoms with van der Waals surface area (Å²) in [4.78, 5) is 11.2. The van der Waals surface area contributed by atoms with Crippen molar-refractivity contribution in [3.05, 3.63) is 66.5 Å². The normalized spacial score (nSPS) is 10.9. The van der Waals surface area contributed by atoms with Gasteiger partial charge in [0.15, 0.2) is 0 Å². The lowest BCUT2D eigenvalue weighted by Crippen LogP contribution is -2.27. The highest BCUT2D eigenvalue weighted by Crippen LogP contribution is 2.21. The van der Waals surface area contributed by atoms with Crippen molar-refractivity contribution in [3.8, 4) is 16.9 Å². The van der Waals surface area contributed by atoms with Crippen LogP contribution in [-0.2, 0) is 6.54 Å². The summed E-state index contributed by atoms with van der Waals surface area (Å²) in [6.45, 7) is 8.57. The van der Waals surface area contributed by atoms with Crippen molar-refractivity contribution < 1.29 is 4.74 Å². The fourth-order valence-corrected chi connectivity index (χ4v) is 2.97. The monoisotopic (exact) mass is 391 g/mol. The molecule has 0 atom stereocenters. The molecule has 0 aliphatic heterocycles. The van der Waals surface area contributed by atoms with Crippen LogP contribution >= 0.6 is 0 Å². The maximum absolute atomic E-state index is 5.82. The van der Waals surface area contributed by atoms with E-state index in [2.05, 4.69) is 34.0 Å². The Morgan fingerprint density at radius 3 is 2.14 bits per heavy atom. The second kappa shape index (κ2) is 10.5. The second-order valence-corrected chi connectivity index (χ2v) is 6.72. The van der Waals surface area contributed by atoms with Gasteiger partial charge in [0.1, 0.15) is 12.4 Å². The van der Waals surface area contributed by atoms with Crippen molar-refractivity contribution >= 4 is 11.6 Å². The topological polar surface area (TPSA) is 76.3 Å². The maximum atomic E-state index is 5.82. The highest BCUT2D eigenvalue weighted by atomic mass is 16.5. The summed E-state index contributed by atoms with van der Waals surface area (Å²) in [5, 5.41) is 3.22. The molecule has 3 aromatic rings. The van der Waals surface area contributed by atoms with Crippen LogP contribution in [0.5, 0.6) is 5.75 Å². The highest BCUT2D eigenvalue weighted by Gasteiger charge is 2.03. The molecule has 0 unspecified atom stereocenters. The Labute approximate surface area is 172 Å². The van der Waals surface area contributed by atoms with Crippen molar-refractivity contribution in [2.24, 2.45) is 5.73 Å². The van der Waals surface area contributed by atoms with E-state index in [0.29, 0.717) is 19.1 Å². The maximum Gasteiger partial charge on any atom is 0.227 e. The van der Waals surface area contributed by atoms with Crippen LogP contribution < -0.4 is 15.8 Å². The molecule has 0 fully saturated rings. The number of benzene rings is 2. The Balaban J connectivity index is 1.54. The summed E-state index contributed by atoms with van der Waals surface area (Å²) in [5.41, 5.74) is 9.71. The van der Waals surface area contributed by atoms with Gasteiger partial charge in [-0.2, -0.15) is 0 Å². The number of nitrogens with one attached hydrogen (secondary N) is 1. The average Bonchev–Trinajstić information content (AvgIpc) is 2.78. The van der Waals surface area contributed by atoms with Gasteiger partial charge in [-0.15, -0.1) is 0 Å². The van der Waals surface area contributed by atoms with E-state index in [-0.39, 0.29) is 0 Å². The summed E-state index contributed by atoms with van der Waals surface area (Å²) in [6.07, 6.45) is 3.63. The van der Waals surface area contributed by atoms with E-state index in [1.807, 2.05) is 60.9 Å². The molecule has 1 aromatic heterocycles. The fraction of sp³-hybridized carbons (Fsp3) is 0.304. The first-order valence-electron chi connectivity index (χ1n) is 10.1. The lowest BCUT2D eigenvalue weighted by Gasteiger charge is -2.18. The molecule has 0 amide bonds. The second-order valence-electron chi connectivity index (χ2n) is 6.72. The molecule has 0 aliphatic carbocycles. The van der Waals surface area contributed by atoms with Crippen LogP contribution in [0.25, 0.3) is 11.1 Å². The smallest absolute Gasteiger partial charge is 0.227 e. The summed E-state index contributed by atoms with van der Waals surface area (Å²) in [7, 11) is 0. The Kier molecular flexibility index (Phi) is 7.55. The number of ether oxygens (including phenoxy) is 1. The molecule has 3 N–H and O–H groups in total. The van der Waals surface area contributed by atoms with E-state index in [1.54, 1.807) is 0 Å². The van der Waals surface area contributed by atoms with Crippen LogP contribution in [0.3, 0.4) is 0 Å². The molecule has 6 heteroatoms. The summed E-state index contributed by atoms with van der Waals surface area (Å²) < 4.78 is 5.82. The Bertz CT molecular complexity index is 859. The predicted molar refractivity (Wildman–Crippen MR) is 118 cm³/mol. The van der Waals surface area contributed by atoms with E-state index in [0.717, 1.165) is 47.8 Å². The minimum atomic E-state index is 0.541. The average molecular weight is 392 g/mol. The summed E-state index contributed by atoms with van der Waals surface area (Å²) in [5.74, 6) is 1.42. The molecule has 6 nitrogen and oxygen atoms in total. The molecule has 2 aromatic carbocycles. The molecular weight excluding hydrogens is 362 g/mol. The standard InChI is InChI=1S/C23H29N5O/c1-3-28(4-2)13-14-29-22-11-9-21(10-12-22)27-23-25-16-20(17-26-23)19-7-5-18(15-24)6-8-19/h5-12,16-17H,3-4,13-15,24H2,1-2H3,(H,25,26,27). The third-order valence-corrected chi connectivity index (χ3v) is 4.86. The highest BCUT2D eigenvalue weighted by molar-refractivity contribution is 5.63. The number of anilines is 2. The van der Waals surface area contributed by atoms with Gasteiger partial charge in [0.25, 0.3) is 0 Å². The van der Waals surface area contributed by atoms with Gasteiger partial charge in [0.05, 0.1) is 0 Å². The zero-order chi connectivity index (χ0) is 20.5. The minimum Gasteiger partial charge on any atom is -0.492 e. The van der Waals surface area contributed by atoms with Crippen molar-refractivity contribution in [2.45, 2.75) is 20.4 Å². The Morgan fingerprint density at radius 1 is 0.897 bits per heavy atom. The van der Waals surface area contributed by atoms with Crippen LogP contribution in [0.2, 0.25) is 0 Å². The lowest BCUT2D eigenvalue weighted by molar-refractivity contribution is 0.223. The van der Waals surface area contributed by atoms with Crippen molar-refractivity contribution in [1.29, 1.82) is 0 Å². The van der Waals surface area contributed by atoms with Gasteiger partial charge in [-0.3, -0.25) is 0 Å². The first-order chi connectivity index (χ1) is 14.2. The van der Waals surface area contributed by atoms with Crippen LogP contribution in [0.4, 0.5) is 11.6 Å². The molecule has 1 heterocycles. The number of nitrogens with two attached hydrogens (primary N) is 1. The number of aromatic nitrogens is 2. The van der Waals surface area contributed by atoms with E-state index in [4.69, 9.17) is 10.5 Å². The van der Waals surface area contributed by atoms with Gasteiger partial charge in [0.2, 0.25) is 5.95 Å². The zero-order valence-corrected chi connectivity index (χ0v) is 17.1. The van der Waals surface area contributed by atoms with Gasteiger partial charge >= 0.3 is 0 Å². The van der Waals surface area contributed by atoms with E-state index >= 15 is 0 Å². The molecule has 0 radical (unpaired) electrons. The minimum absolute atomic E-state index is 0.541. The first kappa shape index (κ1) is 20.8. The van der Waals surface area contributed by atoms with E-state index in [1.165, 1.54) is 0 Å². The van der Waals surface area contributed by atoms with Crippen LogP contribution in [-0.4, -0.2) is 41.1 Å². The summed E-state index contributed by atoms with van der Waals surface area (Å²) >= 11 is 0. The number of hydrogen-bond donors (Lipinski definition) is 2. The molecule has 0 aliphatic rings. The van der Waals surface area contributed by atoms with Gasteiger partial charge in [0, 0.05) is 36.7 Å². The van der Waals surface area contributed by atoms with Crippen LogP contribution in [0.1, 0.15) is 19.4 Å². The van der Waals surface area contributed by atoms with Gasteiger partial charge in [-0.1, -0.05) is 38.1 Å². The van der Waals surface area contributed by atoms with Gasteiger partial charge < -0.3 is 20.7 Å². The van der Waals surface area contributed by atoms with Gasteiger partial charge in [-0.25, -0.2) is 9.97 Å². The van der Waals surface area contributed by atoms with Crippen molar-refractivity contribution in [1.82, 2.24) is 14.9 Å². The van der Waals surface area contributed by atoms with E-state index in [9.17, 15) is 0 Å². The van der Waals surface area contributed by atoms with Crippen molar-refractivity contribution in [2.75, 3.05) is 31.6 Å². The largest absolute Gasteiger partial charge is 0.492 e. The van der Waals surface area contributed by atoms with Crippen LogP contribution in [0, 0.1) is 0 Å². The number of hydrogen-bond acceptors (Lipinski definition) is 6. The molecule has 0 saturated carbocycles. The summed E-state index contributed by atoms with van der Waals surface area (Å²) in [6, 6.07) is 16.0. The first-order valence-corrected chi connectivity index (χ1v) is 10.1. The SMILES string of the molecule is CCN(CC)CCOc1ccc(Nc2ncc(-c3ccc(CN)cc3)cn2)cc1. The van der Waals surface area contributed by atoms with Gasteiger partial charge in [-0.05, 0) is 48.5 Å². The molecular formula is C23H29N5O. The lowest BCUT2D eigenvalue weighted by atomic mass is 10.1.